The van der Waals surface area contributed by atoms with E-state index >= 15 is 0 Å². The van der Waals surface area contributed by atoms with Gasteiger partial charge in [0, 0.05) is 19.8 Å². The minimum Gasteiger partial charge on any atom is -0.368 e. The molecule has 2 atom stereocenters. The van der Waals surface area contributed by atoms with Crippen LogP contribution in [0.4, 0.5) is 4.39 Å². The van der Waals surface area contributed by atoms with Crippen LogP contribution in [0.5, 0.6) is 0 Å². The second-order valence-electron chi connectivity index (χ2n) is 6.74. The summed E-state index contributed by atoms with van der Waals surface area (Å²) < 4.78 is 13.1. The van der Waals surface area contributed by atoms with E-state index in [1.807, 2.05) is 31.2 Å². The average Bonchev–Trinajstić information content (AvgIpc) is 2.63. The van der Waals surface area contributed by atoms with E-state index in [1.165, 1.54) is 31.2 Å². The largest absolute Gasteiger partial charge is 0.368 e. The Labute approximate surface area is 163 Å². The third kappa shape index (κ3) is 6.50. The number of carbonyl (C=O) groups excluding carboxylic acids is 3. The fraction of sp³-hybridized carbons (Fsp3) is 0.286. The summed E-state index contributed by atoms with van der Waals surface area (Å²) in [6, 6.07) is 11.3. The van der Waals surface area contributed by atoms with Crippen molar-refractivity contribution in [1.29, 1.82) is 0 Å². The molecular weight excluding hydrogens is 361 g/mol. The number of nitrogens with one attached hydrogen (secondary N) is 2. The molecule has 0 aliphatic carbocycles. The number of hydrogen-bond acceptors (Lipinski definition) is 3. The van der Waals surface area contributed by atoms with Crippen molar-refractivity contribution < 1.29 is 18.8 Å². The van der Waals surface area contributed by atoms with Crippen LogP contribution in [0, 0.1) is 12.7 Å². The number of carbonyl (C=O) groups is 3. The Morgan fingerprint density at radius 3 is 1.89 bits per heavy atom. The quantitative estimate of drug-likeness (QED) is 0.640. The Morgan fingerprint density at radius 2 is 1.39 bits per heavy atom. The van der Waals surface area contributed by atoms with Crippen molar-refractivity contribution in [3.05, 3.63) is 71.0 Å². The fourth-order valence-corrected chi connectivity index (χ4v) is 2.77. The smallest absolute Gasteiger partial charge is 0.243 e. The van der Waals surface area contributed by atoms with Gasteiger partial charge in [0.2, 0.25) is 17.7 Å². The maximum atomic E-state index is 13.1. The molecule has 28 heavy (non-hydrogen) atoms. The molecule has 2 aromatic rings. The highest BCUT2D eigenvalue weighted by atomic mass is 19.1. The molecule has 7 heteroatoms. The van der Waals surface area contributed by atoms with Crippen LogP contribution in [-0.2, 0) is 27.2 Å². The summed E-state index contributed by atoms with van der Waals surface area (Å²) in [6.07, 6.45) is 0.395. The first-order chi connectivity index (χ1) is 13.2. The topological polar surface area (TPSA) is 101 Å². The molecule has 4 N–H and O–H groups in total. The van der Waals surface area contributed by atoms with Crippen LogP contribution in [0.3, 0.4) is 0 Å². The predicted molar refractivity (Wildman–Crippen MR) is 104 cm³/mol. The summed E-state index contributed by atoms with van der Waals surface area (Å²) in [5.41, 5.74) is 8.05. The van der Waals surface area contributed by atoms with Crippen molar-refractivity contribution in [3.63, 3.8) is 0 Å². The third-order valence-electron chi connectivity index (χ3n) is 4.27. The first-order valence-corrected chi connectivity index (χ1v) is 8.91. The van der Waals surface area contributed by atoms with E-state index in [4.69, 9.17) is 5.73 Å². The molecule has 0 unspecified atom stereocenters. The number of nitrogens with two attached hydrogens (primary N) is 1. The molecule has 0 radical (unpaired) electrons. The number of aryl methyl sites for hydroxylation is 1. The molecule has 0 aliphatic heterocycles. The number of primary amides is 1. The Hall–Kier alpha value is -3.22. The third-order valence-corrected chi connectivity index (χ3v) is 4.27. The first kappa shape index (κ1) is 21.1. The first-order valence-electron chi connectivity index (χ1n) is 8.91. The fourth-order valence-electron chi connectivity index (χ4n) is 2.77. The zero-order valence-electron chi connectivity index (χ0n) is 15.9. The molecule has 2 aromatic carbocycles. The van der Waals surface area contributed by atoms with Crippen molar-refractivity contribution >= 4 is 17.7 Å². The minimum absolute atomic E-state index is 0.154. The van der Waals surface area contributed by atoms with Gasteiger partial charge in [-0.3, -0.25) is 14.4 Å². The van der Waals surface area contributed by atoms with E-state index in [0.29, 0.717) is 5.56 Å². The predicted octanol–water partition coefficient (Wildman–Crippen LogP) is 1.39. The van der Waals surface area contributed by atoms with Crippen LogP contribution < -0.4 is 16.4 Å². The van der Waals surface area contributed by atoms with Gasteiger partial charge < -0.3 is 16.4 Å². The molecule has 0 spiro atoms. The number of halogens is 1. The normalized spacial score (nSPS) is 12.7. The summed E-state index contributed by atoms with van der Waals surface area (Å²) >= 11 is 0. The van der Waals surface area contributed by atoms with E-state index in [-0.39, 0.29) is 12.8 Å². The summed E-state index contributed by atoms with van der Waals surface area (Å²) in [7, 11) is 0. The summed E-state index contributed by atoms with van der Waals surface area (Å²) in [4.78, 5) is 36.0. The highest BCUT2D eigenvalue weighted by Gasteiger charge is 2.25. The van der Waals surface area contributed by atoms with Gasteiger partial charge in [-0.05, 0) is 30.2 Å². The molecule has 6 nitrogen and oxygen atoms in total. The second kappa shape index (κ2) is 9.64. The van der Waals surface area contributed by atoms with E-state index in [0.717, 1.165) is 11.1 Å². The van der Waals surface area contributed by atoms with Gasteiger partial charge in [0.25, 0.3) is 0 Å². The van der Waals surface area contributed by atoms with Crippen LogP contribution in [0.2, 0.25) is 0 Å². The summed E-state index contributed by atoms with van der Waals surface area (Å²) in [5.74, 6) is -1.99. The van der Waals surface area contributed by atoms with E-state index < -0.39 is 35.6 Å². The monoisotopic (exact) mass is 385 g/mol. The Morgan fingerprint density at radius 1 is 0.893 bits per heavy atom. The van der Waals surface area contributed by atoms with Crippen molar-refractivity contribution in [3.8, 4) is 0 Å². The molecule has 2 rings (SSSR count). The number of hydrogen-bond donors (Lipinski definition) is 3. The van der Waals surface area contributed by atoms with Crippen LogP contribution >= 0.6 is 0 Å². The molecular formula is C21H24FN3O3. The van der Waals surface area contributed by atoms with Crippen molar-refractivity contribution in [1.82, 2.24) is 10.6 Å². The van der Waals surface area contributed by atoms with Gasteiger partial charge in [0.15, 0.2) is 0 Å². The lowest BCUT2D eigenvalue weighted by Crippen LogP contribution is -2.54. The molecule has 3 amide bonds. The Kier molecular flexibility index (Phi) is 7.26. The molecule has 0 heterocycles. The molecule has 148 valence electrons. The SMILES string of the molecule is CC(=O)N[C@@H](Cc1ccc(F)cc1)C(=O)N[C@H](Cc1ccc(C)cc1)C(N)=O. The average molecular weight is 385 g/mol. The molecule has 0 aromatic heterocycles. The minimum atomic E-state index is -0.917. The second-order valence-corrected chi connectivity index (χ2v) is 6.74. The number of amides is 3. The molecule has 0 fully saturated rings. The standard InChI is InChI=1S/C21H24FN3O3/c1-13-3-5-15(6-4-13)11-18(20(23)27)25-21(28)19(24-14(2)26)12-16-7-9-17(22)10-8-16/h3-10,18-19H,11-12H2,1-2H3,(H2,23,27)(H,24,26)(H,25,28)/t18-,19+/m1/s1. The highest BCUT2D eigenvalue weighted by molar-refractivity contribution is 5.91. The van der Waals surface area contributed by atoms with Crippen LogP contribution in [0.25, 0.3) is 0 Å². The highest BCUT2D eigenvalue weighted by Crippen LogP contribution is 2.09. The summed E-state index contributed by atoms with van der Waals surface area (Å²) in [5, 5.41) is 5.18. The van der Waals surface area contributed by atoms with Gasteiger partial charge in [-0.25, -0.2) is 4.39 Å². The Balaban J connectivity index is 2.11. The number of rotatable bonds is 8. The van der Waals surface area contributed by atoms with Gasteiger partial charge in [0.1, 0.15) is 17.9 Å². The number of benzene rings is 2. The Bertz CT molecular complexity index is 835. The lowest BCUT2D eigenvalue weighted by Gasteiger charge is -2.22. The van der Waals surface area contributed by atoms with E-state index in [1.54, 1.807) is 0 Å². The molecule has 0 aliphatic rings. The van der Waals surface area contributed by atoms with Crippen LogP contribution in [0.1, 0.15) is 23.6 Å². The van der Waals surface area contributed by atoms with Gasteiger partial charge in [0.05, 0.1) is 0 Å². The van der Waals surface area contributed by atoms with Gasteiger partial charge >= 0.3 is 0 Å². The van der Waals surface area contributed by atoms with Crippen molar-refractivity contribution in [2.75, 3.05) is 0 Å². The maximum Gasteiger partial charge on any atom is 0.243 e. The van der Waals surface area contributed by atoms with Gasteiger partial charge in [-0.15, -0.1) is 0 Å². The lowest BCUT2D eigenvalue weighted by atomic mass is 10.0. The van der Waals surface area contributed by atoms with E-state index in [9.17, 15) is 18.8 Å². The van der Waals surface area contributed by atoms with Gasteiger partial charge in [-0.1, -0.05) is 42.0 Å². The molecule has 0 saturated carbocycles. The van der Waals surface area contributed by atoms with Crippen LogP contribution in [-0.4, -0.2) is 29.8 Å². The maximum absolute atomic E-state index is 13.1. The molecule has 0 saturated heterocycles. The van der Waals surface area contributed by atoms with E-state index in [2.05, 4.69) is 10.6 Å². The summed E-state index contributed by atoms with van der Waals surface area (Å²) in [6.45, 7) is 3.24. The van der Waals surface area contributed by atoms with Crippen LogP contribution in [0.15, 0.2) is 48.5 Å². The van der Waals surface area contributed by atoms with Gasteiger partial charge in [-0.2, -0.15) is 0 Å². The zero-order valence-corrected chi connectivity index (χ0v) is 15.9. The zero-order chi connectivity index (χ0) is 20.7. The molecule has 0 bridgehead atoms. The van der Waals surface area contributed by atoms with Crippen molar-refractivity contribution in [2.24, 2.45) is 5.73 Å². The van der Waals surface area contributed by atoms with Crippen molar-refractivity contribution in [2.45, 2.75) is 38.8 Å². The lowest BCUT2D eigenvalue weighted by molar-refractivity contribution is -0.130.